The molecule has 0 saturated heterocycles. The highest BCUT2D eigenvalue weighted by Crippen LogP contribution is 2.45. The molecule has 28 heavy (non-hydrogen) atoms. The molecule has 1 amide bonds. The first-order valence-electron chi connectivity index (χ1n) is 9.52. The van der Waals surface area contributed by atoms with Crippen molar-refractivity contribution in [3.05, 3.63) is 64.4 Å². The predicted molar refractivity (Wildman–Crippen MR) is 108 cm³/mol. The van der Waals surface area contributed by atoms with Gasteiger partial charge in [0.05, 0.1) is 6.10 Å². The molecule has 5 nitrogen and oxygen atoms in total. The van der Waals surface area contributed by atoms with E-state index < -0.39 is 11.7 Å². The van der Waals surface area contributed by atoms with Gasteiger partial charge in [0.1, 0.15) is 16.9 Å². The van der Waals surface area contributed by atoms with E-state index >= 15 is 0 Å². The zero-order valence-corrected chi connectivity index (χ0v) is 16.6. The fraction of sp³-hybridized carbons (Fsp3) is 0.348. The highest BCUT2D eigenvalue weighted by Gasteiger charge is 2.35. The van der Waals surface area contributed by atoms with Crippen molar-refractivity contribution >= 4 is 16.9 Å². The summed E-state index contributed by atoms with van der Waals surface area (Å²) in [6.45, 7) is 8.21. The van der Waals surface area contributed by atoms with Crippen LogP contribution in [-0.2, 0) is 6.54 Å². The van der Waals surface area contributed by atoms with Crippen molar-refractivity contribution < 1.29 is 19.1 Å². The van der Waals surface area contributed by atoms with Gasteiger partial charge in [0, 0.05) is 29.5 Å². The summed E-state index contributed by atoms with van der Waals surface area (Å²) in [4.78, 5) is 12.7. The van der Waals surface area contributed by atoms with E-state index in [1.165, 1.54) is 5.56 Å². The van der Waals surface area contributed by atoms with Crippen LogP contribution in [0.1, 0.15) is 59.2 Å². The SMILES string of the molecule is Cc1ccc(CNC(=O)c2oc3ccc4c(c3c2C)C(O)CC(C)(C)O4)cc1. The van der Waals surface area contributed by atoms with Gasteiger partial charge in [-0.15, -0.1) is 0 Å². The molecule has 2 heterocycles. The second-order valence-electron chi connectivity index (χ2n) is 8.16. The van der Waals surface area contributed by atoms with E-state index in [1.54, 1.807) is 12.1 Å². The Morgan fingerprint density at radius 2 is 1.89 bits per heavy atom. The van der Waals surface area contributed by atoms with E-state index in [1.807, 2.05) is 52.0 Å². The molecular weight excluding hydrogens is 354 g/mol. The third-order valence-electron chi connectivity index (χ3n) is 5.28. The molecule has 0 bridgehead atoms. The maximum absolute atomic E-state index is 12.7. The summed E-state index contributed by atoms with van der Waals surface area (Å²) in [5.41, 5.74) is 3.77. The van der Waals surface area contributed by atoms with Crippen LogP contribution in [0.3, 0.4) is 0 Å². The molecule has 1 aliphatic rings. The third-order valence-corrected chi connectivity index (χ3v) is 5.28. The third kappa shape index (κ3) is 3.27. The first kappa shape index (κ1) is 18.6. The Morgan fingerprint density at radius 1 is 1.18 bits per heavy atom. The summed E-state index contributed by atoms with van der Waals surface area (Å²) in [6, 6.07) is 11.6. The molecule has 2 N–H and O–H groups in total. The lowest BCUT2D eigenvalue weighted by Gasteiger charge is -2.35. The lowest BCUT2D eigenvalue weighted by molar-refractivity contribution is 0.0126. The molecule has 0 fully saturated rings. The van der Waals surface area contributed by atoms with E-state index in [0.717, 1.165) is 16.5 Å². The number of carbonyl (C=O) groups excluding carboxylic acids is 1. The van der Waals surface area contributed by atoms with Gasteiger partial charge in [-0.05, 0) is 45.4 Å². The predicted octanol–water partition coefficient (Wildman–Crippen LogP) is 4.57. The molecular formula is C23H25NO4. The molecule has 0 spiro atoms. The zero-order valence-electron chi connectivity index (χ0n) is 16.6. The molecule has 5 heteroatoms. The monoisotopic (exact) mass is 379 g/mol. The zero-order chi connectivity index (χ0) is 20.1. The van der Waals surface area contributed by atoms with Crippen LogP contribution in [-0.4, -0.2) is 16.6 Å². The van der Waals surface area contributed by atoms with Crippen LogP contribution in [0.4, 0.5) is 0 Å². The maximum Gasteiger partial charge on any atom is 0.287 e. The van der Waals surface area contributed by atoms with Gasteiger partial charge in [-0.1, -0.05) is 29.8 Å². The van der Waals surface area contributed by atoms with Gasteiger partial charge < -0.3 is 19.6 Å². The molecule has 0 saturated carbocycles. The van der Waals surface area contributed by atoms with Gasteiger partial charge in [-0.2, -0.15) is 0 Å². The number of benzene rings is 2. The number of aliphatic hydroxyl groups is 1. The average molecular weight is 379 g/mol. The van der Waals surface area contributed by atoms with Gasteiger partial charge in [0.15, 0.2) is 5.76 Å². The van der Waals surface area contributed by atoms with Crippen molar-refractivity contribution in [2.75, 3.05) is 0 Å². The molecule has 0 aliphatic carbocycles. The molecule has 4 rings (SSSR count). The lowest BCUT2D eigenvalue weighted by atomic mass is 9.89. The number of aliphatic hydroxyl groups excluding tert-OH is 1. The molecule has 3 aromatic rings. The quantitative estimate of drug-likeness (QED) is 0.699. The fourth-order valence-corrected chi connectivity index (χ4v) is 3.86. The van der Waals surface area contributed by atoms with Gasteiger partial charge >= 0.3 is 0 Å². The number of aryl methyl sites for hydroxylation is 2. The smallest absolute Gasteiger partial charge is 0.287 e. The van der Waals surface area contributed by atoms with E-state index in [9.17, 15) is 9.90 Å². The Balaban J connectivity index is 1.65. The van der Waals surface area contributed by atoms with E-state index in [-0.39, 0.29) is 11.7 Å². The van der Waals surface area contributed by atoms with Crippen LogP contribution >= 0.6 is 0 Å². The summed E-state index contributed by atoms with van der Waals surface area (Å²) in [6.07, 6.45) is -0.180. The number of nitrogens with one attached hydrogen (secondary N) is 1. The number of fused-ring (bicyclic) bond motifs is 3. The Kier molecular flexibility index (Phi) is 4.42. The second kappa shape index (κ2) is 6.67. The molecule has 1 aliphatic heterocycles. The summed E-state index contributed by atoms with van der Waals surface area (Å²) in [7, 11) is 0. The molecule has 146 valence electrons. The molecule has 2 aromatic carbocycles. The van der Waals surface area contributed by atoms with Crippen molar-refractivity contribution in [3.63, 3.8) is 0 Å². The van der Waals surface area contributed by atoms with Crippen molar-refractivity contribution in [1.29, 1.82) is 0 Å². The van der Waals surface area contributed by atoms with E-state index in [0.29, 0.717) is 29.9 Å². The largest absolute Gasteiger partial charge is 0.487 e. The van der Waals surface area contributed by atoms with Crippen LogP contribution in [0.5, 0.6) is 5.75 Å². The summed E-state index contributed by atoms with van der Waals surface area (Å²) < 4.78 is 11.9. The number of ether oxygens (including phenoxy) is 1. The summed E-state index contributed by atoms with van der Waals surface area (Å²) >= 11 is 0. The average Bonchev–Trinajstić information content (AvgIpc) is 2.96. The van der Waals surface area contributed by atoms with Crippen LogP contribution in [0, 0.1) is 13.8 Å². The van der Waals surface area contributed by atoms with Crippen molar-refractivity contribution in [2.24, 2.45) is 0 Å². The van der Waals surface area contributed by atoms with Gasteiger partial charge in [0.25, 0.3) is 5.91 Å². The summed E-state index contributed by atoms with van der Waals surface area (Å²) in [5, 5.41) is 14.4. The Labute approximate surface area is 164 Å². The minimum absolute atomic E-state index is 0.269. The topological polar surface area (TPSA) is 71.7 Å². The Hall–Kier alpha value is -2.79. The van der Waals surface area contributed by atoms with Crippen LogP contribution in [0.15, 0.2) is 40.8 Å². The maximum atomic E-state index is 12.7. The van der Waals surface area contributed by atoms with E-state index in [4.69, 9.17) is 9.15 Å². The summed E-state index contributed by atoms with van der Waals surface area (Å²) in [5.74, 6) is 0.647. The van der Waals surface area contributed by atoms with Crippen molar-refractivity contribution in [2.45, 2.75) is 52.4 Å². The first-order valence-corrected chi connectivity index (χ1v) is 9.52. The minimum atomic E-state index is -0.665. The number of rotatable bonds is 3. The Morgan fingerprint density at radius 3 is 2.61 bits per heavy atom. The van der Waals surface area contributed by atoms with Crippen LogP contribution in [0.2, 0.25) is 0 Å². The lowest BCUT2D eigenvalue weighted by Crippen LogP contribution is -2.34. The van der Waals surface area contributed by atoms with Crippen molar-refractivity contribution in [3.8, 4) is 5.75 Å². The van der Waals surface area contributed by atoms with Gasteiger partial charge in [0.2, 0.25) is 0 Å². The standard InChI is InChI=1S/C23H25NO4/c1-13-5-7-15(8-6-13)12-24-22(26)21-14(2)19-17(27-21)9-10-18-20(19)16(25)11-23(3,4)28-18/h5-10,16,25H,11-12H2,1-4H3,(H,24,26). The van der Waals surface area contributed by atoms with Crippen LogP contribution in [0.25, 0.3) is 11.0 Å². The van der Waals surface area contributed by atoms with Gasteiger partial charge in [-0.25, -0.2) is 0 Å². The van der Waals surface area contributed by atoms with Gasteiger partial charge in [-0.3, -0.25) is 4.79 Å². The number of carbonyl (C=O) groups is 1. The number of amides is 1. The molecule has 1 aromatic heterocycles. The fourth-order valence-electron chi connectivity index (χ4n) is 3.86. The number of hydrogen-bond acceptors (Lipinski definition) is 4. The minimum Gasteiger partial charge on any atom is -0.487 e. The van der Waals surface area contributed by atoms with Crippen molar-refractivity contribution in [1.82, 2.24) is 5.32 Å². The Bertz CT molecular complexity index is 1050. The number of hydrogen-bond donors (Lipinski definition) is 2. The van der Waals surface area contributed by atoms with E-state index in [2.05, 4.69) is 5.32 Å². The highest BCUT2D eigenvalue weighted by atomic mass is 16.5. The first-order chi connectivity index (χ1) is 13.2. The second-order valence-corrected chi connectivity index (χ2v) is 8.16. The molecule has 0 radical (unpaired) electrons. The highest BCUT2D eigenvalue weighted by molar-refractivity contribution is 6.00. The molecule has 1 atom stereocenters. The molecule has 1 unspecified atom stereocenters. The van der Waals surface area contributed by atoms with Crippen LogP contribution < -0.4 is 10.1 Å². The normalized spacial score (nSPS) is 17.8. The number of furan rings is 1.